The van der Waals surface area contributed by atoms with Gasteiger partial charge in [-0.05, 0) is 0 Å². The highest BCUT2D eigenvalue weighted by atomic mass is 32.1. The van der Waals surface area contributed by atoms with Crippen molar-refractivity contribution in [1.82, 2.24) is 0 Å². The van der Waals surface area contributed by atoms with E-state index in [0.717, 1.165) is 11.3 Å². The number of carbonyl (C=O) groups is 2. The summed E-state index contributed by atoms with van der Waals surface area (Å²) in [6.45, 7) is 0. The number of hydrogen-bond acceptors (Lipinski definition) is 7. The maximum atomic E-state index is 11.5. The molecule has 2 heterocycles. The molecule has 0 fully saturated rings. The number of thiophene rings is 1. The van der Waals surface area contributed by atoms with Crippen molar-refractivity contribution in [2.75, 3.05) is 21.3 Å². The van der Waals surface area contributed by atoms with Crippen molar-refractivity contribution < 1.29 is 28.2 Å². The fourth-order valence-corrected chi connectivity index (χ4v) is 2.50. The number of fused-ring (bicyclic) bond motifs is 1. The zero-order valence-corrected chi connectivity index (χ0v) is 10.8. The molecule has 0 radical (unpaired) electrons. The van der Waals surface area contributed by atoms with Crippen LogP contribution in [0.5, 0.6) is 5.75 Å². The summed E-state index contributed by atoms with van der Waals surface area (Å²) in [6, 6.07) is 1.50. The number of esters is 2. The Labute approximate surface area is 106 Å². The Morgan fingerprint density at radius 1 is 1.17 bits per heavy atom. The van der Waals surface area contributed by atoms with Crippen LogP contribution >= 0.6 is 11.3 Å². The van der Waals surface area contributed by atoms with Gasteiger partial charge in [-0.1, -0.05) is 0 Å². The molecule has 0 bridgehead atoms. The zero-order chi connectivity index (χ0) is 13.3. The molecule has 7 heteroatoms. The van der Waals surface area contributed by atoms with Crippen LogP contribution in [0.2, 0.25) is 0 Å². The topological polar surface area (TPSA) is 75.0 Å². The maximum Gasteiger partial charge on any atom is 0.378 e. The van der Waals surface area contributed by atoms with E-state index in [1.165, 1.54) is 27.4 Å². The van der Waals surface area contributed by atoms with Gasteiger partial charge in [-0.3, -0.25) is 0 Å². The van der Waals surface area contributed by atoms with Gasteiger partial charge < -0.3 is 18.6 Å². The van der Waals surface area contributed by atoms with Crippen LogP contribution in [0.15, 0.2) is 10.5 Å². The highest BCUT2D eigenvalue weighted by Gasteiger charge is 2.25. The molecule has 0 unspecified atom stereocenters. The highest BCUT2D eigenvalue weighted by molar-refractivity contribution is 7.21. The van der Waals surface area contributed by atoms with Crippen LogP contribution in [0.3, 0.4) is 0 Å². The third kappa shape index (κ3) is 1.82. The zero-order valence-electron chi connectivity index (χ0n) is 9.94. The smallest absolute Gasteiger partial charge is 0.378 e. The molecule has 0 saturated heterocycles. The average molecular weight is 270 g/mol. The number of carbonyl (C=O) groups excluding carboxylic acids is 2. The van der Waals surface area contributed by atoms with E-state index in [0.29, 0.717) is 15.2 Å². The van der Waals surface area contributed by atoms with E-state index in [2.05, 4.69) is 9.47 Å². The van der Waals surface area contributed by atoms with Gasteiger partial charge in [-0.15, -0.1) is 11.3 Å². The van der Waals surface area contributed by atoms with E-state index in [1.54, 1.807) is 0 Å². The molecule has 0 spiro atoms. The normalized spacial score (nSPS) is 10.4. The van der Waals surface area contributed by atoms with E-state index in [1.807, 2.05) is 0 Å². The molecular formula is C11H10O6S. The highest BCUT2D eigenvalue weighted by Crippen LogP contribution is 2.39. The number of methoxy groups -OCH3 is 3. The molecule has 0 aromatic carbocycles. The molecule has 2 aromatic heterocycles. The van der Waals surface area contributed by atoms with Crippen LogP contribution in [0.25, 0.3) is 10.3 Å². The summed E-state index contributed by atoms with van der Waals surface area (Å²) in [6.07, 6.45) is 0. The minimum Gasteiger partial charge on any atom is -0.491 e. The standard InChI is InChI=1S/C11H10O6S/c1-14-7-8(11(13)16-3)17-5-4-6(10(12)15-2)18-9(5)7/h4H,1-3H3. The summed E-state index contributed by atoms with van der Waals surface area (Å²) >= 11 is 1.13. The predicted octanol–water partition coefficient (Wildman–Crippen LogP) is 2.08. The lowest BCUT2D eigenvalue weighted by atomic mass is 10.4. The van der Waals surface area contributed by atoms with E-state index >= 15 is 0 Å². The van der Waals surface area contributed by atoms with Gasteiger partial charge in [0.25, 0.3) is 5.76 Å². The number of hydrogen-bond donors (Lipinski definition) is 0. The Morgan fingerprint density at radius 3 is 2.39 bits per heavy atom. The van der Waals surface area contributed by atoms with Gasteiger partial charge in [0.1, 0.15) is 9.58 Å². The summed E-state index contributed by atoms with van der Waals surface area (Å²) < 4.78 is 20.2. The number of rotatable bonds is 3. The van der Waals surface area contributed by atoms with Crippen LogP contribution in [-0.4, -0.2) is 33.3 Å². The molecule has 0 aliphatic heterocycles. The maximum absolute atomic E-state index is 11.5. The Morgan fingerprint density at radius 2 is 1.83 bits per heavy atom. The molecule has 2 rings (SSSR count). The van der Waals surface area contributed by atoms with Crippen LogP contribution in [0.4, 0.5) is 0 Å². The number of ether oxygens (including phenoxy) is 3. The van der Waals surface area contributed by atoms with Crippen molar-refractivity contribution in [3.05, 3.63) is 16.7 Å². The van der Waals surface area contributed by atoms with Crippen molar-refractivity contribution in [1.29, 1.82) is 0 Å². The first-order valence-corrected chi connectivity index (χ1v) is 5.71. The van der Waals surface area contributed by atoms with Gasteiger partial charge in [0, 0.05) is 6.07 Å². The third-order valence-corrected chi connectivity index (χ3v) is 3.38. The molecule has 96 valence electrons. The summed E-state index contributed by atoms with van der Waals surface area (Å²) in [7, 11) is 3.95. The molecule has 6 nitrogen and oxygen atoms in total. The van der Waals surface area contributed by atoms with Crippen LogP contribution in [-0.2, 0) is 9.47 Å². The fraction of sp³-hybridized carbons (Fsp3) is 0.273. The summed E-state index contributed by atoms with van der Waals surface area (Å²) in [4.78, 5) is 23.2. The largest absolute Gasteiger partial charge is 0.491 e. The molecule has 2 aromatic rings. The van der Waals surface area contributed by atoms with Gasteiger partial charge in [-0.25, -0.2) is 9.59 Å². The summed E-state index contributed by atoms with van der Waals surface area (Å²) in [5.41, 5.74) is 0.387. The second-order valence-corrected chi connectivity index (χ2v) is 4.30. The Balaban J connectivity index is 2.57. The van der Waals surface area contributed by atoms with Crippen molar-refractivity contribution in [3.63, 3.8) is 0 Å². The summed E-state index contributed by atoms with van der Waals surface area (Å²) in [5.74, 6) is -0.849. The Hall–Kier alpha value is -2.02. The van der Waals surface area contributed by atoms with Crippen molar-refractivity contribution in [2.45, 2.75) is 0 Å². The lowest BCUT2D eigenvalue weighted by Gasteiger charge is -1.99. The van der Waals surface area contributed by atoms with Crippen molar-refractivity contribution in [3.8, 4) is 5.75 Å². The van der Waals surface area contributed by atoms with E-state index in [9.17, 15) is 9.59 Å². The fourth-order valence-electron chi connectivity index (χ4n) is 1.48. The minimum atomic E-state index is -0.630. The molecule has 0 saturated carbocycles. The minimum absolute atomic E-state index is 0.0161. The SMILES string of the molecule is COC(=O)c1cc2oc(C(=O)OC)c(OC)c2s1. The van der Waals surface area contributed by atoms with Gasteiger partial charge in [-0.2, -0.15) is 0 Å². The van der Waals surface area contributed by atoms with Gasteiger partial charge in [0.2, 0.25) is 0 Å². The lowest BCUT2D eigenvalue weighted by Crippen LogP contribution is -2.01. The van der Waals surface area contributed by atoms with Crippen LogP contribution < -0.4 is 4.74 Å². The summed E-state index contributed by atoms with van der Waals surface area (Å²) in [5, 5.41) is 0. The first-order chi connectivity index (χ1) is 8.62. The molecule has 0 amide bonds. The van der Waals surface area contributed by atoms with Gasteiger partial charge in [0.05, 0.1) is 21.3 Å². The molecule has 0 atom stereocenters. The predicted molar refractivity (Wildman–Crippen MR) is 63.3 cm³/mol. The second-order valence-electron chi connectivity index (χ2n) is 3.25. The van der Waals surface area contributed by atoms with E-state index < -0.39 is 11.9 Å². The van der Waals surface area contributed by atoms with Crippen LogP contribution in [0.1, 0.15) is 20.2 Å². The number of furan rings is 1. The first kappa shape index (κ1) is 12.4. The van der Waals surface area contributed by atoms with Gasteiger partial charge >= 0.3 is 11.9 Å². The molecule has 0 N–H and O–H groups in total. The van der Waals surface area contributed by atoms with Crippen molar-refractivity contribution >= 4 is 33.6 Å². The van der Waals surface area contributed by atoms with Crippen molar-refractivity contribution in [2.24, 2.45) is 0 Å². The van der Waals surface area contributed by atoms with Gasteiger partial charge in [0.15, 0.2) is 11.3 Å². The Kier molecular flexibility index (Phi) is 3.24. The van der Waals surface area contributed by atoms with E-state index in [4.69, 9.17) is 9.15 Å². The lowest BCUT2D eigenvalue weighted by molar-refractivity contribution is 0.0562. The molecular weight excluding hydrogens is 260 g/mol. The van der Waals surface area contributed by atoms with E-state index in [-0.39, 0.29) is 11.5 Å². The molecule has 0 aliphatic rings. The monoisotopic (exact) mass is 270 g/mol. The average Bonchev–Trinajstić information content (AvgIpc) is 2.93. The van der Waals surface area contributed by atoms with Crippen LogP contribution in [0, 0.1) is 0 Å². The second kappa shape index (κ2) is 4.69. The Bertz CT molecular complexity index is 608. The third-order valence-electron chi connectivity index (χ3n) is 2.28. The molecule has 18 heavy (non-hydrogen) atoms. The first-order valence-electron chi connectivity index (χ1n) is 4.89. The quantitative estimate of drug-likeness (QED) is 0.795. The molecule has 0 aliphatic carbocycles.